The molecule has 2 aromatic carbocycles. The standard InChI is InChI=1S/C24H20N4O3S/c1-17(14-19-10-7-13-31-19)15-25-27-22(29)16-32-24-26-21-12-6-5-11-20(21)23(30)28(24)18-8-3-2-4-9-18/h2-15H,16H2,1H3,(H,27,29). The maximum atomic E-state index is 13.1. The van der Waals surface area contributed by atoms with Crippen molar-refractivity contribution in [3.8, 4) is 5.69 Å². The van der Waals surface area contributed by atoms with E-state index in [1.807, 2.05) is 55.5 Å². The van der Waals surface area contributed by atoms with Gasteiger partial charge in [-0.25, -0.2) is 10.4 Å². The van der Waals surface area contributed by atoms with Gasteiger partial charge in [-0.3, -0.25) is 14.2 Å². The Balaban J connectivity index is 1.51. The zero-order valence-electron chi connectivity index (χ0n) is 17.3. The van der Waals surface area contributed by atoms with Crippen LogP contribution in [0.25, 0.3) is 22.7 Å². The number of fused-ring (bicyclic) bond motifs is 1. The lowest BCUT2D eigenvalue weighted by Gasteiger charge is -2.12. The molecule has 32 heavy (non-hydrogen) atoms. The molecule has 0 aliphatic heterocycles. The van der Waals surface area contributed by atoms with Crippen molar-refractivity contribution >= 4 is 40.9 Å². The average molecular weight is 445 g/mol. The highest BCUT2D eigenvalue weighted by molar-refractivity contribution is 7.99. The number of thioether (sulfide) groups is 1. The molecule has 1 N–H and O–H groups in total. The molecule has 0 unspecified atom stereocenters. The van der Waals surface area contributed by atoms with E-state index < -0.39 is 0 Å². The Labute approximate surface area is 188 Å². The molecular formula is C24H20N4O3S. The summed E-state index contributed by atoms with van der Waals surface area (Å²) in [6, 6.07) is 20.0. The summed E-state index contributed by atoms with van der Waals surface area (Å²) in [6.45, 7) is 1.85. The van der Waals surface area contributed by atoms with E-state index in [1.54, 1.807) is 36.7 Å². The molecule has 0 spiro atoms. The molecule has 0 aliphatic rings. The number of rotatable bonds is 7. The van der Waals surface area contributed by atoms with Gasteiger partial charge in [0, 0.05) is 0 Å². The van der Waals surface area contributed by atoms with Gasteiger partial charge >= 0.3 is 0 Å². The number of aromatic nitrogens is 2. The Morgan fingerprint density at radius 1 is 1.12 bits per heavy atom. The first-order chi connectivity index (χ1) is 15.6. The highest BCUT2D eigenvalue weighted by atomic mass is 32.2. The first kappa shape index (κ1) is 21.3. The van der Waals surface area contributed by atoms with E-state index in [1.165, 1.54) is 16.3 Å². The molecule has 0 aliphatic carbocycles. The number of nitrogens with zero attached hydrogens (tertiary/aromatic N) is 3. The number of amides is 1. The molecule has 1 amide bonds. The van der Waals surface area contributed by atoms with Crippen LogP contribution in [0.2, 0.25) is 0 Å². The van der Waals surface area contributed by atoms with Crippen molar-refractivity contribution < 1.29 is 9.21 Å². The third kappa shape index (κ3) is 5.04. The topological polar surface area (TPSA) is 89.5 Å². The second kappa shape index (κ2) is 9.93. The molecule has 160 valence electrons. The second-order valence-corrected chi connectivity index (χ2v) is 7.82. The fourth-order valence-electron chi connectivity index (χ4n) is 3.02. The Hall–Kier alpha value is -3.91. The summed E-state index contributed by atoms with van der Waals surface area (Å²) in [5.41, 5.74) is 4.42. The van der Waals surface area contributed by atoms with Crippen molar-refractivity contribution in [1.82, 2.24) is 15.0 Å². The van der Waals surface area contributed by atoms with Crippen LogP contribution >= 0.6 is 11.8 Å². The van der Waals surface area contributed by atoms with Crippen molar-refractivity contribution in [2.24, 2.45) is 5.10 Å². The number of hydrazone groups is 1. The average Bonchev–Trinajstić information content (AvgIpc) is 3.31. The lowest BCUT2D eigenvalue weighted by Crippen LogP contribution is -2.24. The smallest absolute Gasteiger partial charge is 0.266 e. The maximum absolute atomic E-state index is 13.1. The number of carbonyl (C=O) groups excluding carboxylic acids is 1. The molecule has 7 nitrogen and oxygen atoms in total. The number of furan rings is 1. The minimum atomic E-state index is -0.306. The van der Waals surface area contributed by atoms with Crippen LogP contribution in [0.4, 0.5) is 0 Å². The van der Waals surface area contributed by atoms with Gasteiger partial charge in [-0.15, -0.1) is 0 Å². The largest absolute Gasteiger partial charge is 0.465 e. The van der Waals surface area contributed by atoms with E-state index in [4.69, 9.17) is 4.42 Å². The fourth-order valence-corrected chi connectivity index (χ4v) is 3.82. The van der Waals surface area contributed by atoms with Crippen molar-refractivity contribution in [3.63, 3.8) is 0 Å². The van der Waals surface area contributed by atoms with Crippen molar-refractivity contribution in [3.05, 3.63) is 94.7 Å². The maximum Gasteiger partial charge on any atom is 0.266 e. The Morgan fingerprint density at radius 3 is 2.69 bits per heavy atom. The molecule has 4 rings (SSSR count). The van der Waals surface area contributed by atoms with Crippen LogP contribution in [-0.2, 0) is 4.79 Å². The highest BCUT2D eigenvalue weighted by Gasteiger charge is 2.14. The third-order valence-corrected chi connectivity index (χ3v) is 5.40. The van der Waals surface area contributed by atoms with E-state index in [0.717, 1.165) is 5.57 Å². The van der Waals surface area contributed by atoms with E-state index in [9.17, 15) is 9.59 Å². The molecule has 4 aromatic rings. The molecule has 2 aromatic heterocycles. The van der Waals surface area contributed by atoms with Crippen LogP contribution in [0, 0.1) is 0 Å². The van der Waals surface area contributed by atoms with Crippen LogP contribution in [0.5, 0.6) is 0 Å². The number of hydrogen-bond donors (Lipinski definition) is 1. The SMILES string of the molecule is CC(C=NNC(=O)CSc1nc2ccccc2c(=O)n1-c1ccccc1)=Cc1ccco1. The summed E-state index contributed by atoms with van der Waals surface area (Å²) in [6.07, 6.45) is 4.94. The van der Waals surface area contributed by atoms with Crippen molar-refractivity contribution in [2.45, 2.75) is 12.1 Å². The van der Waals surface area contributed by atoms with Crippen LogP contribution < -0.4 is 11.0 Å². The molecule has 0 bridgehead atoms. The van der Waals surface area contributed by atoms with Gasteiger partial charge in [0.1, 0.15) is 5.76 Å². The van der Waals surface area contributed by atoms with Crippen molar-refractivity contribution in [2.75, 3.05) is 5.75 Å². The van der Waals surface area contributed by atoms with E-state index >= 15 is 0 Å². The molecular weight excluding hydrogens is 424 g/mol. The van der Waals surface area contributed by atoms with Gasteiger partial charge in [0.2, 0.25) is 0 Å². The fraction of sp³-hybridized carbons (Fsp3) is 0.0833. The van der Waals surface area contributed by atoms with Crippen LogP contribution in [0.1, 0.15) is 12.7 Å². The molecule has 8 heteroatoms. The van der Waals surface area contributed by atoms with Gasteiger partial charge in [-0.2, -0.15) is 5.10 Å². The Kier molecular flexibility index (Phi) is 6.62. The molecule has 0 fully saturated rings. The number of carbonyl (C=O) groups is 1. The highest BCUT2D eigenvalue weighted by Crippen LogP contribution is 2.21. The molecule has 0 atom stereocenters. The monoisotopic (exact) mass is 444 g/mol. The number of benzene rings is 2. The van der Waals surface area contributed by atoms with E-state index in [2.05, 4.69) is 15.5 Å². The van der Waals surface area contributed by atoms with Crippen molar-refractivity contribution in [1.29, 1.82) is 0 Å². The van der Waals surface area contributed by atoms with Crippen LogP contribution in [0.15, 0.2) is 98.0 Å². The predicted molar refractivity (Wildman–Crippen MR) is 127 cm³/mol. The zero-order valence-corrected chi connectivity index (χ0v) is 18.1. The lowest BCUT2D eigenvalue weighted by atomic mass is 10.2. The first-order valence-corrected chi connectivity index (χ1v) is 10.8. The predicted octanol–water partition coefficient (Wildman–Crippen LogP) is 4.28. The minimum absolute atomic E-state index is 0.0515. The summed E-state index contributed by atoms with van der Waals surface area (Å²) < 4.78 is 6.77. The summed E-state index contributed by atoms with van der Waals surface area (Å²) >= 11 is 1.18. The quantitative estimate of drug-likeness (QED) is 0.199. The van der Waals surface area contributed by atoms with Gasteiger partial charge < -0.3 is 4.42 Å². The number of para-hydroxylation sites is 2. The normalized spacial score (nSPS) is 11.8. The Morgan fingerprint density at radius 2 is 1.91 bits per heavy atom. The lowest BCUT2D eigenvalue weighted by molar-refractivity contribution is -0.118. The van der Waals surface area contributed by atoms with Gasteiger partial charge in [-0.1, -0.05) is 42.1 Å². The van der Waals surface area contributed by atoms with E-state index in [0.29, 0.717) is 27.5 Å². The summed E-state index contributed by atoms with van der Waals surface area (Å²) in [5, 5.41) is 4.94. The Bertz CT molecular complexity index is 1340. The van der Waals surface area contributed by atoms with Gasteiger partial charge in [0.05, 0.1) is 34.8 Å². The van der Waals surface area contributed by atoms with E-state index in [-0.39, 0.29) is 17.2 Å². The first-order valence-electron chi connectivity index (χ1n) is 9.85. The third-order valence-electron chi connectivity index (χ3n) is 4.46. The van der Waals surface area contributed by atoms with Crippen LogP contribution in [0.3, 0.4) is 0 Å². The van der Waals surface area contributed by atoms with Crippen LogP contribution in [-0.4, -0.2) is 27.4 Å². The molecule has 2 heterocycles. The summed E-state index contributed by atoms with van der Waals surface area (Å²) in [7, 11) is 0. The number of nitrogens with one attached hydrogen (secondary N) is 1. The molecule has 0 saturated heterocycles. The van der Waals surface area contributed by atoms with Gasteiger partial charge in [0.15, 0.2) is 5.16 Å². The van der Waals surface area contributed by atoms with Gasteiger partial charge in [0.25, 0.3) is 11.5 Å². The second-order valence-electron chi connectivity index (χ2n) is 6.87. The number of allylic oxidation sites excluding steroid dienone is 1. The minimum Gasteiger partial charge on any atom is -0.465 e. The van der Waals surface area contributed by atoms with Gasteiger partial charge in [-0.05, 0) is 55.0 Å². The number of hydrogen-bond acceptors (Lipinski definition) is 6. The molecule has 0 radical (unpaired) electrons. The zero-order chi connectivity index (χ0) is 22.3. The molecule has 0 saturated carbocycles. The summed E-state index contributed by atoms with van der Waals surface area (Å²) in [5.74, 6) is 0.451. The summed E-state index contributed by atoms with van der Waals surface area (Å²) in [4.78, 5) is 30.1.